The van der Waals surface area contributed by atoms with Crippen molar-refractivity contribution in [2.45, 2.75) is 143 Å². The molecule has 2 atom stereocenters. The van der Waals surface area contributed by atoms with E-state index in [1.807, 2.05) is 0 Å². The Labute approximate surface area is 205 Å². The van der Waals surface area contributed by atoms with Gasteiger partial charge in [-0.3, -0.25) is 4.90 Å². The summed E-state index contributed by atoms with van der Waals surface area (Å²) in [5.74, 6) is 0.0338. The molecule has 0 aromatic rings. The number of carbonyl (C=O) groups excluding carboxylic acids is 2. The molecule has 0 aliphatic carbocycles. The number of rotatable bonds is 22. The molecule has 0 spiro atoms. The number of hydrogen-bond donors (Lipinski definition) is 0. The van der Waals surface area contributed by atoms with Gasteiger partial charge in [-0.1, -0.05) is 117 Å². The Morgan fingerprint density at radius 3 is 1.67 bits per heavy atom. The van der Waals surface area contributed by atoms with E-state index in [1.54, 1.807) is 14.0 Å². The topological polar surface area (TPSA) is 55.8 Å². The van der Waals surface area contributed by atoms with E-state index in [0.29, 0.717) is 19.1 Å². The zero-order valence-corrected chi connectivity index (χ0v) is 22.7. The molecule has 0 aliphatic rings. The van der Waals surface area contributed by atoms with Gasteiger partial charge in [0.2, 0.25) is 0 Å². The predicted molar refractivity (Wildman–Crippen MR) is 139 cm³/mol. The largest absolute Gasteiger partial charge is 0.464 e. The zero-order valence-electron chi connectivity index (χ0n) is 22.7. The summed E-state index contributed by atoms with van der Waals surface area (Å²) in [5.41, 5.74) is 0. The maximum absolute atomic E-state index is 12.3. The molecule has 0 bridgehead atoms. The first-order valence-corrected chi connectivity index (χ1v) is 14.0. The Balaban J connectivity index is 3.74. The smallest absolute Gasteiger partial charge is 0.410 e. The van der Waals surface area contributed by atoms with Gasteiger partial charge >= 0.3 is 12.1 Å². The molecule has 0 aromatic carbocycles. The summed E-state index contributed by atoms with van der Waals surface area (Å²) >= 11 is 0. The molecule has 0 saturated heterocycles. The molecule has 0 aliphatic heterocycles. The maximum atomic E-state index is 12.3. The average molecular weight is 470 g/mol. The molecule has 196 valence electrons. The Hall–Kier alpha value is -1.26. The van der Waals surface area contributed by atoms with E-state index >= 15 is 0 Å². The summed E-state index contributed by atoms with van der Waals surface area (Å²) in [6, 6.07) is -0.629. The first-order valence-electron chi connectivity index (χ1n) is 14.0. The van der Waals surface area contributed by atoms with Gasteiger partial charge in [-0.25, -0.2) is 9.59 Å². The van der Waals surface area contributed by atoms with Crippen molar-refractivity contribution in [3.63, 3.8) is 0 Å². The van der Waals surface area contributed by atoms with Crippen LogP contribution in [-0.2, 0) is 14.3 Å². The minimum atomic E-state index is -0.629. The molecule has 0 rings (SSSR count). The molecule has 5 nitrogen and oxygen atoms in total. The fraction of sp³-hybridized carbons (Fsp3) is 0.929. The summed E-state index contributed by atoms with van der Waals surface area (Å²) in [7, 11) is 1.60. The molecule has 5 heteroatoms. The monoisotopic (exact) mass is 469 g/mol. The third-order valence-electron chi connectivity index (χ3n) is 6.69. The SMILES string of the molecule is CCCCCCCCCCCCCCCOC(=O)C(C)N(C)C(=O)OCC(CC)CCCC. The highest BCUT2D eigenvalue weighted by atomic mass is 16.6. The van der Waals surface area contributed by atoms with Crippen molar-refractivity contribution in [2.75, 3.05) is 20.3 Å². The highest BCUT2D eigenvalue weighted by Crippen LogP contribution is 2.15. The Morgan fingerprint density at radius 1 is 0.697 bits per heavy atom. The summed E-state index contributed by atoms with van der Waals surface area (Å²) in [5, 5.41) is 0. The average Bonchev–Trinajstić information content (AvgIpc) is 2.83. The molecule has 2 unspecified atom stereocenters. The van der Waals surface area contributed by atoms with Gasteiger partial charge in [-0.2, -0.15) is 0 Å². The molecule has 0 saturated carbocycles. The van der Waals surface area contributed by atoms with E-state index in [2.05, 4.69) is 20.8 Å². The Morgan fingerprint density at radius 2 is 1.18 bits per heavy atom. The van der Waals surface area contributed by atoms with Gasteiger partial charge in [0, 0.05) is 7.05 Å². The number of hydrogen-bond acceptors (Lipinski definition) is 4. The van der Waals surface area contributed by atoms with Crippen LogP contribution < -0.4 is 0 Å². The van der Waals surface area contributed by atoms with Gasteiger partial charge in [-0.15, -0.1) is 0 Å². The van der Waals surface area contributed by atoms with Crippen molar-refractivity contribution < 1.29 is 19.1 Å². The van der Waals surface area contributed by atoms with Crippen molar-refractivity contribution >= 4 is 12.1 Å². The quantitative estimate of drug-likeness (QED) is 0.118. The van der Waals surface area contributed by atoms with Gasteiger partial charge in [0.25, 0.3) is 0 Å². The van der Waals surface area contributed by atoms with E-state index < -0.39 is 12.1 Å². The van der Waals surface area contributed by atoms with Gasteiger partial charge < -0.3 is 9.47 Å². The van der Waals surface area contributed by atoms with Crippen LogP contribution in [0.5, 0.6) is 0 Å². The molecule has 0 fully saturated rings. The van der Waals surface area contributed by atoms with Crippen molar-refractivity contribution in [1.82, 2.24) is 4.90 Å². The fourth-order valence-electron chi connectivity index (χ4n) is 3.92. The normalized spacial score (nSPS) is 12.9. The Bertz CT molecular complexity index is 469. The van der Waals surface area contributed by atoms with Gasteiger partial charge in [-0.05, 0) is 25.7 Å². The number of carbonyl (C=O) groups is 2. The molecule has 0 N–H and O–H groups in total. The van der Waals surface area contributed by atoms with Crippen LogP contribution in [0, 0.1) is 5.92 Å². The van der Waals surface area contributed by atoms with E-state index in [1.165, 1.54) is 75.5 Å². The number of nitrogens with zero attached hydrogens (tertiary/aromatic N) is 1. The lowest BCUT2D eigenvalue weighted by Crippen LogP contribution is -2.42. The first-order chi connectivity index (χ1) is 16.0. The van der Waals surface area contributed by atoms with Crippen LogP contribution in [0.4, 0.5) is 4.79 Å². The summed E-state index contributed by atoms with van der Waals surface area (Å²) in [6.07, 6.45) is 20.7. The lowest BCUT2D eigenvalue weighted by molar-refractivity contribution is -0.148. The number of unbranched alkanes of at least 4 members (excludes halogenated alkanes) is 13. The third kappa shape index (κ3) is 17.8. The van der Waals surface area contributed by atoms with Crippen LogP contribution in [-0.4, -0.2) is 43.3 Å². The third-order valence-corrected chi connectivity index (χ3v) is 6.69. The molecule has 0 radical (unpaired) electrons. The number of likely N-dealkylation sites (N-methyl/N-ethyl adjacent to an activating group) is 1. The van der Waals surface area contributed by atoms with Crippen LogP contribution in [0.2, 0.25) is 0 Å². The van der Waals surface area contributed by atoms with Crippen LogP contribution in [0.25, 0.3) is 0 Å². The van der Waals surface area contributed by atoms with Crippen molar-refractivity contribution in [3.05, 3.63) is 0 Å². The number of esters is 1. The summed E-state index contributed by atoms with van der Waals surface area (Å²) < 4.78 is 10.8. The van der Waals surface area contributed by atoms with Crippen molar-refractivity contribution in [1.29, 1.82) is 0 Å². The molecule has 33 heavy (non-hydrogen) atoms. The second kappa shape index (κ2) is 22.5. The van der Waals surface area contributed by atoms with Gasteiger partial charge in [0.1, 0.15) is 6.04 Å². The molecule has 1 amide bonds. The summed E-state index contributed by atoms with van der Waals surface area (Å²) in [6.45, 7) is 9.09. The van der Waals surface area contributed by atoms with E-state index in [4.69, 9.17) is 9.47 Å². The minimum absolute atomic E-state index is 0.355. The second-order valence-corrected chi connectivity index (χ2v) is 9.69. The lowest BCUT2D eigenvalue weighted by Gasteiger charge is -2.24. The number of amides is 1. The van der Waals surface area contributed by atoms with Crippen LogP contribution in [0.1, 0.15) is 137 Å². The lowest BCUT2D eigenvalue weighted by atomic mass is 10.0. The number of ether oxygens (including phenoxy) is 2. The van der Waals surface area contributed by atoms with Gasteiger partial charge in [0.05, 0.1) is 13.2 Å². The van der Waals surface area contributed by atoms with E-state index in [9.17, 15) is 9.59 Å². The first kappa shape index (κ1) is 31.7. The fourth-order valence-corrected chi connectivity index (χ4v) is 3.92. The van der Waals surface area contributed by atoms with E-state index in [-0.39, 0.29) is 5.97 Å². The highest BCUT2D eigenvalue weighted by molar-refractivity contribution is 5.80. The molecular formula is C28H55NO4. The molecule has 0 heterocycles. The maximum Gasteiger partial charge on any atom is 0.410 e. The van der Waals surface area contributed by atoms with Crippen LogP contribution in [0.15, 0.2) is 0 Å². The Kier molecular flexibility index (Phi) is 21.7. The van der Waals surface area contributed by atoms with E-state index in [0.717, 1.165) is 38.5 Å². The predicted octanol–water partition coefficient (Wildman–Crippen LogP) is 8.29. The zero-order chi connectivity index (χ0) is 24.7. The summed E-state index contributed by atoms with van der Waals surface area (Å²) in [4.78, 5) is 25.9. The highest BCUT2D eigenvalue weighted by Gasteiger charge is 2.25. The van der Waals surface area contributed by atoms with Crippen molar-refractivity contribution in [3.8, 4) is 0 Å². The van der Waals surface area contributed by atoms with Crippen LogP contribution in [0.3, 0.4) is 0 Å². The van der Waals surface area contributed by atoms with Crippen LogP contribution >= 0.6 is 0 Å². The van der Waals surface area contributed by atoms with Gasteiger partial charge in [0.15, 0.2) is 0 Å². The standard InChI is InChI=1S/C28H55NO4/c1-6-9-11-12-13-14-15-16-17-18-19-20-21-23-32-27(30)25(4)29(5)28(31)33-24-26(8-3)22-10-7-2/h25-26H,6-24H2,1-5H3. The molecular weight excluding hydrogens is 414 g/mol. The second-order valence-electron chi connectivity index (χ2n) is 9.69. The minimum Gasteiger partial charge on any atom is -0.464 e. The van der Waals surface area contributed by atoms with Crippen molar-refractivity contribution in [2.24, 2.45) is 5.92 Å². The molecule has 0 aromatic heterocycles.